The van der Waals surface area contributed by atoms with Crippen molar-refractivity contribution in [2.75, 3.05) is 13.1 Å². The second-order valence-electron chi connectivity index (χ2n) is 7.77. The number of carbonyl (C=O) groups is 2. The van der Waals surface area contributed by atoms with E-state index in [4.69, 9.17) is 4.74 Å². The van der Waals surface area contributed by atoms with Crippen LogP contribution in [0.25, 0.3) is 0 Å². The zero-order valence-electron chi connectivity index (χ0n) is 17.5. The lowest BCUT2D eigenvalue weighted by atomic mass is 9.68. The molecule has 0 aliphatic carbocycles. The minimum Gasteiger partial charge on any atom is -0.481 e. The summed E-state index contributed by atoms with van der Waals surface area (Å²) in [7, 11) is 0. The molecule has 2 aromatic carbocycles. The third-order valence-electron chi connectivity index (χ3n) is 5.93. The van der Waals surface area contributed by atoms with E-state index >= 15 is 0 Å². The molecule has 0 aromatic heterocycles. The maximum atomic E-state index is 13.1. The summed E-state index contributed by atoms with van der Waals surface area (Å²) in [5, 5.41) is 0. The van der Waals surface area contributed by atoms with Gasteiger partial charge < -0.3 is 9.64 Å². The molecule has 3 rings (SSSR count). The van der Waals surface area contributed by atoms with Gasteiger partial charge in [-0.15, -0.1) is 0 Å². The number of benzene rings is 2. The van der Waals surface area contributed by atoms with Gasteiger partial charge in [-0.3, -0.25) is 9.59 Å². The van der Waals surface area contributed by atoms with Crippen LogP contribution in [0.15, 0.2) is 60.7 Å². The Hall–Kier alpha value is -2.62. The molecule has 1 heterocycles. The fraction of sp³-hybridized carbons (Fsp3) is 0.440. The predicted molar refractivity (Wildman–Crippen MR) is 115 cm³/mol. The molecule has 1 fully saturated rings. The number of piperidine rings is 1. The van der Waals surface area contributed by atoms with Crippen molar-refractivity contribution >= 4 is 11.7 Å². The summed E-state index contributed by atoms with van der Waals surface area (Å²) in [4.78, 5) is 28.1. The van der Waals surface area contributed by atoms with Crippen molar-refractivity contribution < 1.29 is 14.3 Å². The number of para-hydroxylation sites is 1. The Morgan fingerprint density at radius 2 is 1.55 bits per heavy atom. The number of carbonyl (C=O) groups excluding carboxylic acids is 2. The monoisotopic (exact) mass is 393 g/mol. The standard InChI is InChI=1S/C25H31NO3/c1-3-11-23(27)25(20-12-7-5-8-13-20)16-18-26(19-17-25)24(28)22(4-2)29-21-14-9-6-10-15-21/h5-10,12-15,22H,3-4,11,16-19H2,1-2H3. The van der Waals surface area contributed by atoms with Crippen molar-refractivity contribution in [3.8, 4) is 5.75 Å². The normalized spacial score (nSPS) is 16.8. The molecule has 0 radical (unpaired) electrons. The molecule has 1 atom stereocenters. The Bertz CT molecular complexity index is 795. The van der Waals surface area contributed by atoms with Crippen molar-refractivity contribution in [3.05, 3.63) is 66.2 Å². The maximum Gasteiger partial charge on any atom is 0.263 e. The van der Waals surface area contributed by atoms with E-state index in [-0.39, 0.29) is 5.91 Å². The molecule has 4 nitrogen and oxygen atoms in total. The van der Waals surface area contributed by atoms with Crippen LogP contribution in [0.5, 0.6) is 5.75 Å². The Kier molecular flexibility index (Phi) is 7.08. The number of amides is 1. The highest BCUT2D eigenvalue weighted by molar-refractivity contribution is 5.91. The molecule has 1 saturated heterocycles. The van der Waals surface area contributed by atoms with Crippen LogP contribution in [0.3, 0.4) is 0 Å². The van der Waals surface area contributed by atoms with Crippen LogP contribution in [0.1, 0.15) is 51.5 Å². The van der Waals surface area contributed by atoms with Crippen LogP contribution in [-0.2, 0) is 15.0 Å². The Morgan fingerprint density at radius 1 is 0.966 bits per heavy atom. The molecule has 1 amide bonds. The third-order valence-corrected chi connectivity index (χ3v) is 5.93. The van der Waals surface area contributed by atoms with Crippen molar-refractivity contribution in [3.63, 3.8) is 0 Å². The van der Waals surface area contributed by atoms with Gasteiger partial charge in [-0.05, 0) is 43.4 Å². The lowest BCUT2D eigenvalue weighted by Crippen LogP contribution is -2.52. The minimum absolute atomic E-state index is 0.0148. The number of ether oxygens (including phenoxy) is 1. The van der Waals surface area contributed by atoms with E-state index in [0.717, 1.165) is 12.0 Å². The van der Waals surface area contributed by atoms with Gasteiger partial charge in [0, 0.05) is 19.5 Å². The molecule has 4 heteroatoms. The second kappa shape index (κ2) is 9.73. The van der Waals surface area contributed by atoms with Crippen LogP contribution in [-0.4, -0.2) is 35.8 Å². The van der Waals surface area contributed by atoms with Crippen molar-refractivity contribution in [1.82, 2.24) is 4.90 Å². The van der Waals surface area contributed by atoms with E-state index < -0.39 is 11.5 Å². The highest BCUT2D eigenvalue weighted by Gasteiger charge is 2.43. The average Bonchev–Trinajstić information content (AvgIpc) is 2.78. The van der Waals surface area contributed by atoms with Crippen molar-refractivity contribution in [2.45, 2.75) is 57.5 Å². The Morgan fingerprint density at radius 3 is 2.10 bits per heavy atom. The zero-order valence-corrected chi connectivity index (χ0v) is 17.5. The van der Waals surface area contributed by atoms with Crippen molar-refractivity contribution in [1.29, 1.82) is 0 Å². The molecule has 0 saturated carbocycles. The number of Topliss-reactive ketones (excluding diaryl/α,β-unsaturated/α-hetero) is 1. The van der Waals surface area contributed by atoms with E-state index in [1.807, 2.05) is 67.3 Å². The molecule has 1 aliphatic rings. The van der Waals surface area contributed by atoms with Gasteiger partial charge in [0.2, 0.25) is 0 Å². The van der Waals surface area contributed by atoms with Gasteiger partial charge in [-0.2, -0.15) is 0 Å². The molecule has 154 valence electrons. The lowest BCUT2D eigenvalue weighted by Gasteiger charge is -2.42. The molecular weight excluding hydrogens is 362 g/mol. The summed E-state index contributed by atoms with van der Waals surface area (Å²) < 4.78 is 5.94. The lowest BCUT2D eigenvalue weighted by molar-refractivity contribution is -0.142. The topological polar surface area (TPSA) is 46.6 Å². The Labute approximate surface area is 173 Å². The molecule has 1 aliphatic heterocycles. The first-order valence-corrected chi connectivity index (χ1v) is 10.7. The smallest absolute Gasteiger partial charge is 0.263 e. The molecule has 0 bridgehead atoms. The first-order chi connectivity index (χ1) is 14.1. The van der Waals surface area contributed by atoms with Crippen molar-refractivity contribution in [2.24, 2.45) is 0 Å². The molecule has 1 unspecified atom stereocenters. The maximum absolute atomic E-state index is 13.1. The van der Waals surface area contributed by atoms with Gasteiger partial charge in [0.25, 0.3) is 5.91 Å². The molecule has 29 heavy (non-hydrogen) atoms. The van der Waals surface area contributed by atoms with Crippen LogP contribution in [0, 0.1) is 0 Å². The largest absolute Gasteiger partial charge is 0.481 e. The third kappa shape index (κ3) is 4.69. The quantitative estimate of drug-likeness (QED) is 0.649. The molecule has 2 aromatic rings. The van der Waals surface area contributed by atoms with Gasteiger partial charge >= 0.3 is 0 Å². The Balaban J connectivity index is 1.72. The summed E-state index contributed by atoms with van der Waals surface area (Å²) in [6.45, 7) is 5.17. The number of likely N-dealkylation sites (tertiary alicyclic amines) is 1. The summed E-state index contributed by atoms with van der Waals surface area (Å²) >= 11 is 0. The summed E-state index contributed by atoms with van der Waals surface area (Å²) in [5.74, 6) is 1.02. The minimum atomic E-state index is -0.493. The SMILES string of the molecule is CCCC(=O)C1(c2ccccc2)CCN(C(=O)C(CC)Oc2ccccc2)CC1. The number of hydrogen-bond donors (Lipinski definition) is 0. The highest BCUT2D eigenvalue weighted by Crippen LogP contribution is 2.38. The van der Waals surface area contributed by atoms with E-state index in [9.17, 15) is 9.59 Å². The number of ketones is 1. The zero-order chi connectivity index (χ0) is 20.7. The molecule has 0 N–H and O–H groups in total. The summed E-state index contributed by atoms with van der Waals surface area (Å²) in [6, 6.07) is 19.6. The summed E-state index contributed by atoms with van der Waals surface area (Å²) in [5.41, 5.74) is 0.605. The van der Waals surface area contributed by atoms with Crippen LogP contribution in [0.4, 0.5) is 0 Å². The van der Waals surface area contributed by atoms with Gasteiger partial charge in [0.05, 0.1) is 5.41 Å². The molecule has 0 spiro atoms. The predicted octanol–water partition coefficient (Wildman–Crippen LogP) is 4.77. The van der Waals surface area contributed by atoms with Crippen LogP contribution >= 0.6 is 0 Å². The first kappa shape index (κ1) is 21.1. The number of hydrogen-bond acceptors (Lipinski definition) is 3. The highest BCUT2D eigenvalue weighted by atomic mass is 16.5. The number of rotatable bonds is 8. The van der Waals surface area contributed by atoms with Crippen LogP contribution in [0.2, 0.25) is 0 Å². The van der Waals surface area contributed by atoms with E-state index in [0.29, 0.717) is 50.3 Å². The van der Waals surface area contributed by atoms with Crippen LogP contribution < -0.4 is 4.74 Å². The number of nitrogens with zero attached hydrogens (tertiary/aromatic N) is 1. The molecular formula is C25H31NO3. The van der Waals surface area contributed by atoms with E-state index in [2.05, 4.69) is 12.1 Å². The first-order valence-electron chi connectivity index (χ1n) is 10.7. The van der Waals surface area contributed by atoms with Gasteiger partial charge in [0.1, 0.15) is 11.5 Å². The van der Waals surface area contributed by atoms with Gasteiger partial charge in [-0.1, -0.05) is 62.4 Å². The van der Waals surface area contributed by atoms with Gasteiger partial charge in [0.15, 0.2) is 6.10 Å². The van der Waals surface area contributed by atoms with Gasteiger partial charge in [-0.25, -0.2) is 0 Å². The average molecular weight is 394 g/mol. The van der Waals surface area contributed by atoms with E-state index in [1.54, 1.807) is 0 Å². The van der Waals surface area contributed by atoms with E-state index in [1.165, 1.54) is 0 Å². The second-order valence-corrected chi connectivity index (χ2v) is 7.77. The fourth-order valence-electron chi connectivity index (χ4n) is 4.24. The fourth-order valence-corrected chi connectivity index (χ4v) is 4.24. The summed E-state index contributed by atoms with van der Waals surface area (Å²) in [6.07, 6.45) is 2.89.